The second kappa shape index (κ2) is 6.61. The van der Waals surface area contributed by atoms with E-state index in [1.54, 1.807) is 19.1 Å². The molecule has 1 aromatic carbocycles. The van der Waals surface area contributed by atoms with Gasteiger partial charge in [0.25, 0.3) is 0 Å². The van der Waals surface area contributed by atoms with Crippen LogP contribution >= 0.6 is 0 Å². The Morgan fingerprint density at radius 2 is 1.75 bits per heavy atom. The summed E-state index contributed by atoms with van der Waals surface area (Å²) in [5, 5.41) is 3.58. The smallest absolute Gasteiger partial charge is 0.178 e. The fraction of sp³-hybridized carbons (Fsp3) is 0.625. The Hall–Kier alpha value is -1.03. The normalized spacial score (nSPS) is 23.5. The zero-order valence-electron chi connectivity index (χ0n) is 12.4. The molecule has 0 spiro atoms. The molecule has 0 aromatic heterocycles. The molecule has 1 saturated carbocycles. The summed E-state index contributed by atoms with van der Waals surface area (Å²) in [6, 6.07) is 7.74. The van der Waals surface area contributed by atoms with Crippen LogP contribution in [0.1, 0.15) is 46.0 Å². The van der Waals surface area contributed by atoms with Gasteiger partial charge in [0.2, 0.25) is 0 Å². The second-order valence-corrected chi connectivity index (χ2v) is 7.91. The van der Waals surface area contributed by atoms with Crippen molar-refractivity contribution in [1.29, 1.82) is 0 Å². The molecule has 0 heterocycles. The molecule has 20 heavy (non-hydrogen) atoms. The lowest BCUT2D eigenvalue weighted by molar-refractivity contribution is 0.317. The van der Waals surface area contributed by atoms with E-state index in [-0.39, 0.29) is 5.75 Å². The molecule has 1 aliphatic carbocycles. The number of nitrogens with one attached hydrogen (secondary N) is 1. The predicted molar refractivity (Wildman–Crippen MR) is 83.8 cm³/mol. The van der Waals surface area contributed by atoms with Gasteiger partial charge in [-0.2, -0.15) is 0 Å². The first kappa shape index (κ1) is 15.4. The van der Waals surface area contributed by atoms with Crippen molar-refractivity contribution in [3.05, 3.63) is 24.3 Å². The predicted octanol–water partition coefficient (Wildman–Crippen LogP) is 3.86. The third-order valence-electron chi connectivity index (χ3n) is 4.38. The standard InChI is InChI=1S/C16H25NO2S/c1-3-13-7-5-6-8-16(13)17-14-9-11-15(12-10-14)20(18,19)4-2/h9-13,16-17H,3-8H2,1-2H3. The fourth-order valence-corrected chi connectivity index (χ4v) is 3.91. The van der Waals surface area contributed by atoms with E-state index in [1.165, 1.54) is 32.1 Å². The van der Waals surface area contributed by atoms with E-state index in [0.717, 1.165) is 11.6 Å². The highest BCUT2D eigenvalue weighted by Gasteiger charge is 2.23. The fourth-order valence-electron chi connectivity index (χ4n) is 3.03. The molecule has 1 aromatic rings. The molecule has 1 N–H and O–H groups in total. The summed E-state index contributed by atoms with van der Waals surface area (Å²) in [6.45, 7) is 3.93. The van der Waals surface area contributed by atoms with Crippen molar-refractivity contribution in [2.24, 2.45) is 5.92 Å². The molecule has 2 atom stereocenters. The minimum atomic E-state index is -3.09. The second-order valence-electron chi connectivity index (χ2n) is 5.63. The SMILES string of the molecule is CCC1CCCCC1Nc1ccc(S(=O)(=O)CC)cc1. The number of rotatable bonds is 5. The van der Waals surface area contributed by atoms with E-state index >= 15 is 0 Å². The summed E-state index contributed by atoms with van der Waals surface area (Å²) in [5.74, 6) is 0.892. The summed E-state index contributed by atoms with van der Waals surface area (Å²) < 4.78 is 23.6. The average Bonchev–Trinajstić information content (AvgIpc) is 2.48. The van der Waals surface area contributed by atoms with Crippen molar-refractivity contribution in [1.82, 2.24) is 0 Å². The molecule has 2 rings (SSSR count). The van der Waals surface area contributed by atoms with E-state index in [0.29, 0.717) is 10.9 Å². The zero-order chi connectivity index (χ0) is 14.6. The van der Waals surface area contributed by atoms with Gasteiger partial charge in [-0.05, 0) is 43.0 Å². The Morgan fingerprint density at radius 1 is 1.10 bits per heavy atom. The van der Waals surface area contributed by atoms with Crippen LogP contribution in [0.5, 0.6) is 0 Å². The van der Waals surface area contributed by atoms with Gasteiger partial charge in [-0.1, -0.05) is 33.1 Å². The van der Waals surface area contributed by atoms with Gasteiger partial charge in [0.05, 0.1) is 10.6 Å². The Morgan fingerprint density at radius 3 is 2.35 bits per heavy atom. The van der Waals surface area contributed by atoms with Crippen molar-refractivity contribution in [3.8, 4) is 0 Å². The molecule has 2 unspecified atom stereocenters. The van der Waals surface area contributed by atoms with Gasteiger partial charge < -0.3 is 5.32 Å². The highest BCUT2D eigenvalue weighted by atomic mass is 32.2. The van der Waals surface area contributed by atoms with E-state index in [9.17, 15) is 8.42 Å². The highest BCUT2D eigenvalue weighted by Crippen LogP contribution is 2.29. The van der Waals surface area contributed by atoms with Crippen molar-refractivity contribution in [3.63, 3.8) is 0 Å². The Kier molecular flexibility index (Phi) is 5.08. The van der Waals surface area contributed by atoms with E-state index < -0.39 is 9.84 Å². The maximum atomic E-state index is 11.8. The minimum absolute atomic E-state index is 0.153. The third kappa shape index (κ3) is 3.54. The van der Waals surface area contributed by atoms with Crippen LogP contribution in [0.2, 0.25) is 0 Å². The molecule has 3 nitrogen and oxygen atoms in total. The summed E-state index contributed by atoms with van der Waals surface area (Å²) in [4.78, 5) is 0.418. The van der Waals surface area contributed by atoms with Crippen molar-refractivity contribution in [2.45, 2.75) is 56.9 Å². The van der Waals surface area contributed by atoms with Crippen molar-refractivity contribution in [2.75, 3.05) is 11.1 Å². The third-order valence-corrected chi connectivity index (χ3v) is 6.13. The number of anilines is 1. The Balaban J connectivity index is 2.07. The number of sulfone groups is 1. The molecule has 0 bridgehead atoms. The first-order valence-corrected chi connectivity index (χ1v) is 9.31. The topological polar surface area (TPSA) is 46.2 Å². The molecule has 4 heteroatoms. The summed E-state index contributed by atoms with van der Waals surface area (Å²) >= 11 is 0. The average molecular weight is 295 g/mol. The molecule has 0 saturated heterocycles. The minimum Gasteiger partial charge on any atom is -0.382 e. The molecule has 0 radical (unpaired) electrons. The van der Waals surface area contributed by atoms with Gasteiger partial charge in [0, 0.05) is 11.7 Å². The zero-order valence-corrected chi connectivity index (χ0v) is 13.2. The first-order valence-electron chi connectivity index (χ1n) is 7.66. The lowest BCUT2D eigenvalue weighted by atomic mass is 9.83. The van der Waals surface area contributed by atoms with Crippen molar-refractivity contribution >= 4 is 15.5 Å². The molecule has 0 amide bonds. The molecule has 1 aliphatic rings. The van der Waals surface area contributed by atoms with E-state index in [4.69, 9.17) is 0 Å². The molecular weight excluding hydrogens is 270 g/mol. The van der Waals surface area contributed by atoms with Crippen LogP contribution in [0.25, 0.3) is 0 Å². The van der Waals surface area contributed by atoms with Gasteiger partial charge >= 0.3 is 0 Å². The van der Waals surface area contributed by atoms with E-state index in [1.807, 2.05) is 12.1 Å². The first-order chi connectivity index (χ1) is 9.56. The largest absolute Gasteiger partial charge is 0.382 e. The van der Waals surface area contributed by atoms with Crippen LogP contribution < -0.4 is 5.32 Å². The molecular formula is C16H25NO2S. The summed E-state index contributed by atoms with van der Waals surface area (Å²) in [6.07, 6.45) is 6.35. The van der Waals surface area contributed by atoms with Crippen LogP contribution in [-0.2, 0) is 9.84 Å². The monoisotopic (exact) mass is 295 g/mol. The summed E-state index contributed by atoms with van der Waals surface area (Å²) in [5.41, 5.74) is 1.03. The van der Waals surface area contributed by atoms with Gasteiger partial charge in [-0.25, -0.2) is 8.42 Å². The maximum absolute atomic E-state index is 11.8. The van der Waals surface area contributed by atoms with Gasteiger partial charge in [-0.3, -0.25) is 0 Å². The Labute approximate surface area is 122 Å². The maximum Gasteiger partial charge on any atom is 0.178 e. The van der Waals surface area contributed by atoms with E-state index in [2.05, 4.69) is 12.2 Å². The Bertz CT molecular complexity index is 522. The quantitative estimate of drug-likeness (QED) is 0.897. The molecule has 0 aliphatic heterocycles. The highest BCUT2D eigenvalue weighted by molar-refractivity contribution is 7.91. The van der Waals surface area contributed by atoms with Crippen molar-refractivity contribution < 1.29 is 8.42 Å². The lowest BCUT2D eigenvalue weighted by Gasteiger charge is -2.32. The van der Waals surface area contributed by atoms with Gasteiger partial charge in [-0.15, -0.1) is 0 Å². The van der Waals surface area contributed by atoms with Crippen LogP contribution in [0.4, 0.5) is 5.69 Å². The van der Waals surface area contributed by atoms with Crippen LogP contribution in [0.3, 0.4) is 0 Å². The summed E-state index contributed by atoms with van der Waals surface area (Å²) in [7, 11) is -3.09. The number of hydrogen-bond acceptors (Lipinski definition) is 3. The number of benzene rings is 1. The van der Waals surface area contributed by atoms with Crippen LogP contribution in [-0.4, -0.2) is 20.2 Å². The van der Waals surface area contributed by atoms with Gasteiger partial charge in [0.15, 0.2) is 9.84 Å². The number of hydrogen-bond donors (Lipinski definition) is 1. The van der Waals surface area contributed by atoms with Gasteiger partial charge in [0.1, 0.15) is 0 Å². The van der Waals surface area contributed by atoms with Crippen LogP contribution in [0, 0.1) is 5.92 Å². The lowest BCUT2D eigenvalue weighted by Crippen LogP contribution is -2.31. The van der Waals surface area contributed by atoms with Crippen LogP contribution in [0.15, 0.2) is 29.2 Å². The molecule has 112 valence electrons. The molecule has 1 fully saturated rings.